The lowest BCUT2D eigenvalue weighted by atomic mass is 10.2. The summed E-state index contributed by atoms with van der Waals surface area (Å²) < 4.78 is 5.22. The number of rotatable bonds is 6. The van der Waals surface area contributed by atoms with E-state index >= 15 is 0 Å². The van der Waals surface area contributed by atoms with Crippen LogP contribution in [0.3, 0.4) is 0 Å². The van der Waals surface area contributed by atoms with Crippen molar-refractivity contribution in [2.45, 2.75) is 0 Å². The first kappa shape index (κ1) is 19.8. The SMILES string of the molecule is N#Cc1ccccc1OCC(=O)NNC(=O)CNC(=O)c1ccccc1Cl. The summed E-state index contributed by atoms with van der Waals surface area (Å²) in [5, 5.41) is 11.6. The molecule has 0 aliphatic rings. The van der Waals surface area contributed by atoms with Crippen LogP contribution in [0.15, 0.2) is 48.5 Å². The number of amides is 3. The van der Waals surface area contributed by atoms with Crippen molar-refractivity contribution in [2.75, 3.05) is 13.2 Å². The zero-order valence-corrected chi connectivity index (χ0v) is 14.7. The molecule has 0 heterocycles. The Bertz CT molecular complexity index is 895. The highest BCUT2D eigenvalue weighted by atomic mass is 35.5. The van der Waals surface area contributed by atoms with Gasteiger partial charge < -0.3 is 10.1 Å². The first-order valence-electron chi connectivity index (χ1n) is 7.73. The maximum absolute atomic E-state index is 11.9. The number of para-hydroxylation sites is 1. The van der Waals surface area contributed by atoms with Gasteiger partial charge in [-0.2, -0.15) is 5.26 Å². The number of nitrogens with zero attached hydrogens (tertiary/aromatic N) is 1. The molecule has 0 atom stereocenters. The largest absolute Gasteiger partial charge is 0.482 e. The molecular formula is C18H15ClN4O4. The Balaban J connectivity index is 1.72. The van der Waals surface area contributed by atoms with Crippen LogP contribution >= 0.6 is 11.6 Å². The molecule has 138 valence electrons. The van der Waals surface area contributed by atoms with Crippen LogP contribution in [0.5, 0.6) is 5.75 Å². The Morgan fingerprint density at radius 1 is 1.00 bits per heavy atom. The number of hydrogen-bond donors (Lipinski definition) is 3. The Labute approximate surface area is 160 Å². The fraction of sp³-hybridized carbons (Fsp3) is 0.111. The van der Waals surface area contributed by atoms with Crippen molar-refractivity contribution < 1.29 is 19.1 Å². The lowest BCUT2D eigenvalue weighted by Crippen LogP contribution is -2.47. The third-order valence-corrected chi connectivity index (χ3v) is 3.57. The van der Waals surface area contributed by atoms with Crippen LogP contribution < -0.4 is 20.9 Å². The van der Waals surface area contributed by atoms with Gasteiger partial charge in [0.1, 0.15) is 11.8 Å². The van der Waals surface area contributed by atoms with Gasteiger partial charge >= 0.3 is 0 Å². The molecule has 0 fully saturated rings. The number of carbonyl (C=O) groups is 3. The van der Waals surface area contributed by atoms with E-state index in [1.807, 2.05) is 6.07 Å². The monoisotopic (exact) mass is 386 g/mol. The molecule has 3 N–H and O–H groups in total. The lowest BCUT2D eigenvalue weighted by Gasteiger charge is -2.10. The van der Waals surface area contributed by atoms with E-state index in [0.29, 0.717) is 0 Å². The summed E-state index contributed by atoms with van der Waals surface area (Å²) in [5.74, 6) is -1.53. The number of nitrogens with one attached hydrogen (secondary N) is 3. The summed E-state index contributed by atoms with van der Waals surface area (Å²) in [5.41, 5.74) is 4.80. The van der Waals surface area contributed by atoms with Crippen molar-refractivity contribution >= 4 is 29.3 Å². The maximum Gasteiger partial charge on any atom is 0.276 e. The third kappa shape index (κ3) is 6.02. The number of benzene rings is 2. The quantitative estimate of drug-likeness (QED) is 0.643. The van der Waals surface area contributed by atoms with Gasteiger partial charge in [0.15, 0.2) is 6.61 Å². The summed E-state index contributed by atoms with van der Waals surface area (Å²) in [4.78, 5) is 35.3. The van der Waals surface area contributed by atoms with Crippen LogP contribution in [0.2, 0.25) is 5.02 Å². The first-order valence-corrected chi connectivity index (χ1v) is 8.11. The first-order chi connectivity index (χ1) is 13.0. The van der Waals surface area contributed by atoms with Gasteiger partial charge in [0, 0.05) is 0 Å². The van der Waals surface area contributed by atoms with Crippen LogP contribution in [0, 0.1) is 11.3 Å². The summed E-state index contributed by atoms with van der Waals surface area (Å²) in [6.07, 6.45) is 0. The predicted octanol–water partition coefficient (Wildman–Crippen LogP) is 1.17. The van der Waals surface area contributed by atoms with Crippen molar-refractivity contribution in [3.8, 4) is 11.8 Å². The second-order valence-electron chi connectivity index (χ2n) is 5.16. The number of halogens is 1. The molecule has 0 spiro atoms. The highest BCUT2D eigenvalue weighted by molar-refractivity contribution is 6.33. The van der Waals surface area contributed by atoms with Gasteiger partial charge in [0.2, 0.25) is 0 Å². The van der Waals surface area contributed by atoms with E-state index < -0.39 is 24.3 Å². The average Bonchev–Trinajstić information content (AvgIpc) is 2.69. The minimum absolute atomic E-state index is 0.237. The number of carbonyl (C=O) groups excluding carboxylic acids is 3. The molecule has 2 aromatic rings. The summed E-state index contributed by atoms with van der Waals surface area (Å²) in [7, 11) is 0. The maximum atomic E-state index is 11.9. The molecule has 9 heteroatoms. The zero-order valence-electron chi connectivity index (χ0n) is 14.0. The Morgan fingerprint density at radius 3 is 2.41 bits per heavy atom. The van der Waals surface area contributed by atoms with Crippen LogP contribution in [0.25, 0.3) is 0 Å². The van der Waals surface area contributed by atoms with E-state index in [9.17, 15) is 14.4 Å². The molecule has 0 aliphatic carbocycles. The predicted molar refractivity (Wildman–Crippen MR) is 96.7 cm³/mol. The average molecular weight is 387 g/mol. The molecule has 3 amide bonds. The van der Waals surface area contributed by atoms with Gasteiger partial charge in [-0.3, -0.25) is 25.2 Å². The molecule has 0 unspecified atom stereocenters. The van der Waals surface area contributed by atoms with Gasteiger partial charge in [0.05, 0.1) is 22.7 Å². The number of hydrogen-bond acceptors (Lipinski definition) is 5. The molecule has 2 aromatic carbocycles. The Hall–Kier alpha value is -3.57. The summed E-state index contributed by atoms with van der Waals surface area (Å²) in [6, 6.07) is 14.8. The van der Waals surface area contributed by atoms with Crippen LogP contribution in [-0.2, 0) is 9.59 Å². The fourth-order valence-electron chi connectivity index (χ4n) is 1.95. The molecule has 0 saturated heterocycles. The molecule has 0 bridgehead atoms. The van der Waals surface area contributed by atoms with Gasteiger partial charge in [0.25, 0.3) is 17.7 Å². The number of ether oxygens (including phenoxy) is 1. The van der Waals surface area contributed by atoms with E-state index in [0.717, 1.165) is 0 Å². The van der Waals surface area contributed by atoms with Crippen molar-refractivity contribution in [3.05, 3.63) is 64.7 Å². The highest BCUT2D eigenvalue weighted by Crippen LogP contribution is 2.16. The van der Waals surface area contributed by atoms with Crippen molar-refractivity contribution in [1.82, 2.24) is 16.2 Å². The number of hydrazine groups is 1. The Morgan fingerprint density at radius 2 is 1.67 bits per heavy atom. The lowest BCUT2D eigenvalue weighted by molar-refractivity contribution is -0.129. The summed E-state index contributed by atoms with van der Waals surface area (Å²) in [6.45, 7) is -0.757. The molecule has 0 radical (unpaired) electrons. The Kier molecular flexibility index (Phi) is 7.16. The smallest absolute Gasteiger partial charge is 0.276 e. The van der Waals surface area contributed by atoms with Gasteiger partial charge in [-0.15, -0.1) is 0 Å². The van der Waals surface area contributed by atoms with Crippen LogP contribution in [0.1, 0.15) is 15.9 Å². The summed E-state index contributed by atoms with van der Waals surface area (Å²) >= 11 is 5.89. The third-order valence-electron chi connectivity index (χ3n) is 3.24. The van der Waals surface area contributed by atoms with E-state index in [2.05, 4.69) is 16.2 Å². The van der Waals surface area contributed by atoms with E-state index in [-0.39, 0.29) is 28.4 Å². The second-order valence-corrected chi connectivity index (χ2v) is 5.56. The minimum atomic E-state index is -0.638. The van der Waals surface area contributed by atoms with Gasteiger partial charge in [-0.05, 0) is 24.3 Å². The zero-order chi connectivity index (χ0) is 19.6. The topological polar surface area (TPSA) is 120 Å². The minimum Gasteiger partial charge on any atom is -0.482 e. The molecule has 0 aliphatic heterocycles. The molecule has 27 heavy (non-hydrogen) atoms. The van der Waals surface area contributed by atoms with Crippen molar-refractivity contribution in [3.63, 3.8) is 0 Å². The number of nitriles is 1. The van der Waals surface area contributed by atoms with E-state index in [1.165, 1.54) is 6.07 Å². The molecule has 8 nitrogen and oxygen atoms in total. The van der Waals surface area contributed by atoms with Crippen molar-refractivity contribution in [1.29, 1.82) is 5.26 Å². The van der Waals surface area contributed by atoms with Gasteiger partial charge in [-0.25, -0.2) is 0 Å². The van der Waals surface area contributed by atoms with Crippen molar-refractivity contribution in [2.24, 2.45) is 0 Å². The standard InChI is InChI=1S/C18H15ClN4O4/c19-14-7-3-2-6-13(14)18(26)21-10-16(24)22-23-17(25)11-27-15-8-4-1-5-12(15)9-20/h1-8H,10-11H2,(H,21,26)(H,22,24)(H,23,25). The van der Waals surface area contributed by atoms with Gasteiger partial charge in [-0.1, -0.05) is 35.9 Å². The molecular weight excluding hydrogens is 372 g/mol. The fourth-order valence-corrected chi connectivity index (χ4v) is 2.17. The normalized spacial score (nSPS) is 9.63. The van der Waals surface area contributed by atoms with Crippen LogP contribution in [-0.4, -0.2) is 30.9 Å². The highest BCUT2D eigenvalue weighted by Gasteiger charge is 2.12. The van der Waals surface area contributed by atoms with E-state index in [1.54, 1.807) is 42.5 Å². The van der Waals surface area contributed by atoms with E-state index in [4.69, 9.17) is 21.6 Å². The van der Waals surface area contributed by atoms with Crippen LogP contribution in [0.4, 0.5) is 0 Å². The molecule has 0 saturated carbocycles. The molecule has 2 rings (SSSR count). The molecule has 0 aromatic heterocycles. The second kappa shape index (κ2) is 9.79.